The summed E-state index contributed by atoms with van der Waals surface area (Å²) in [5.74, 6) is 1.48. The SMILES string of the molecule is COc1ccc(CCNC(=O)CSc2nc3ccccc3c(=O)n2C2CCCC2)cc1OC. The molecule has 0 saturated heterocycles. The van der Waals surface area contributed by atoms with E-state index in [4.69, 9.17) is 14.5 Å². The van der Waals surface area contributed by atoms with E-state index in [1.807, 2.05) is 47.0 Å². The third-order valence-corrected chi connectivity index (χ3v) is 6.93. The van der Waals surface area contributed by atoms with E-state index in [0.717, 1.165) is 31.2 Å². The Morgan fingerprint density at radius 1 is 1.12 bits per heavy atom. The van der Waals surface area contributed by atoms with Gasteiger partial charge < -0.3 is 14.8 Å². The quantitative estimate of drug-likeness (QED) is 0.379. The highest BCUT2D eigenvalue weighted by Gasteiger charge is 2.23. The molecule has 0 radical (unpaired) electrons. The summed E-state index contributed by atoms with van der Waals surface area (Å²) in [6.07, 6.45) is 4.86. The average Bonchev–Trinajstić information content (AvgIpc) is 3.37. The molecule has 7 nitrogen and oxygen atoms in total. The van der Waals surface area contributed by atoms with E-state index in [1.54, 1.807) is 14.2 Å². The maximum absolute atomic E-state index is 13.2. The van der Waals surface area contributed by atoms with Gasteiger partial charge in [0, 0.05) is 12.6 Å². The number of hydrogen-bond acceptors (Lipinski definition) is 6. The molecule has 0 bridgehead atoms. The predicted octanol–water partition coefficient (Wildman–Crippen LogP) is 3.98. The van der Waals surface area contributed by atoms with Crippen molar-refractivity contribution in [3.8, 4) is 11.5 Å². The fourth-order valence-electron chi connectivity index (χ4n) is 4.28. The smallest absolute Gasteiger partial charge is 0.262 e. The number of fused-ring (bicyclic) bond motifs is 1. The van der Waals surface area contributed by atoms with Crippen LogP contribution in [-0.4, -0.2) is 42.0 Å². The number of aromatic nitrogens is 2. The van der Waals surface area contributed by atoms with E-state index in [-0.39, 0.29) is 23.3 Å². The molecule has 1 fully saturated rings. The molecule has 174 valence electrons. The minimum Gasteiger partial charge on any atom is -0.493 e. The van der Waals surface area contributed by atoms with Crippen molar-refractivity contribution in [1.82, 2.24) is 14.9 Å². The van der Waals surface area contributed by atoms with Gasteiger partial charge in [0.2, 0.25) is 5.91 Å². The summed E-state index contributed by atoms with van der Waals surface area (Å²) in [7, 11) is 3.21. The highest BCUT2D eigenvalue weighted by Crippen LogP contribution is 2.32. The second-order valence-corrected chi connectivity index (χ2v) is 9.05. The number of para-hydroxylation sites is 1. The minimum absolute atomic E-state index is 0.0103. The highest BCUT2D eigenvalue weighted by atomic mass is 32.2. The topological polar surface area (TPSA) is 82.5 Å². The standard InChI is InChI=1S/C25H29N3O4S/c1-31-21-12-11-17(15-22(21)32-2)13-14-26-23(29)16-33-25-27-20-10-6-5-9-19(20)24(30)28(25)18-7-3-4-8-18/h5-6,9-12,15,18H,3-4,7-8,13-14,16H2,1-2H3,(H,26,29). The van der Waals surface area contributed by atoms with Gasteiger partial charge in [-0.2, -0.15) is 0 Å². The summed E-state index contributed by atoms with van der Waals surface area (Å²) in [6.45, 7) is 0.509. The Bertz CT molecular complexity index is 1190. The molecule has 1 amide bonds. The molecule has 1 heterocycles. The third-order valence-electron chi connectivity index (χ3n) is 5.98. The van der Waals surface area contributed by atoms with Crippen molar-refractivity contribution in [1.29, 1.82) is 0 Å². The summed E-state index contributed by atoms with van der Waals surface area (Å²) >= 11 is 1.33. The van der Waals surface area contributed by atoms with Crippen molar-refractivity contribution in [3.05, 3.63) is 58.4 Å². The van der Waals surface area contributed by atoms with Gasteiger partial charge >= 0.3 is 0 Å². The number of carbonyl (C=O) groups is 1. The van der Waals surface area contributed by atoms with E-state index in [1.165, 1.54) is 11.8 Å². The molecular weight excluding hydrogens is 438 g/mol. The molecule has 0 unspecified atom stereocenters. The average molecular weight is 468 g/mol. The molecule has 1 aromatic heterocycles. The van der Waals surface area contributed by atoms with Gasteiger partial charge in [0.05, 0.1) is 30.9 Å². The highest BCUT2D eigenvalue weighted by molar-refractivity contribution is 7.99. The second-order valence-electron chi connectivity index (χ2n) is 8.10. The lowest BCUT2D eigenvalue weighted by molar-refractivity contribution is -0.118. The number of ether oxygens (including phenoxy) is 2. The van der Waals surface area contributed by atoms with Crippen molar-refractivity contribution in [3.63, 3.8) is 0 Å². The molecule has 3 aromatic rings. The van der Waals surface area contributed by atoms with E-state index in [0.29, 0.717) is 40.5 Å². The number of thioether (sulfide) groups is 1. The van der Waals surface area contributed by atoms with Crippen LogP contribution in [0.15, 0.2) is 52.4 Å². The zero-order chi connectivity index (χ0) is 23.2. The Balaban J connectivity index is 1.40. The van der Waals surface area contributed by atoms with Gasteiger partial charge in [-0.25, -0.2) is 4.98 Å². The monoisotopic (exact) mass is 467 g/mol. The largest absolute Gasteiger partial charge is 0.493 e. The number of nitrogens with zero attached hydrogens (tertiary/aromatic N) is 2. The molecule has 1 saturated carbocycles. The number of nitrogens with one attached hydrogen (secondary N) is 1. The molecular formula is C25H29N3O4S. The molecule has 0 aliphatic heterocycles. The Kier molecular flexibility index (Phi) is 7.54. The van der Waals surface area contributed by atoms with Crippen molar-refractivity contribution in [2.45, 2.75) is 43.3 Å². The fraction of sp³-hybridized carbons (Fsp3) is 0.400. The number of carbonyl (C=O) groups excluding carboxylic acids is 1. The summed E-state index contributed by atoms with van der Waals surface area (Å²) in [4.78, 5) is 30.5. The maximum Gasteiger partial charge on any atom is 0.262 e. The van der Waals surface area contributed by atoms with Crippen LogP contribution in [-0.2, 0) is 11.2 Å². The first-order valence-electron chi connectivity index (χ1n) is 11.2. The van der Waals surface area contributed by atoms with Gasteiger partial charge in [-0.05, 0) is 49.1 Å². The molecule has 2 aromatic carbocycles. The van der Waals surface area contributed by atoms with Gasteiger partial charge in [0.1, 0.15) is 0 Å². The second kappa shape index (κ2) is 10.7. The van der Waals surface area contributed by atoms with Crippen molar-refractivity contribution < 1.29 is 14.3 Å². The third kappa shape index (κ3) is 5.33. The summed E-state index contributed by atoms with van der Waals surface area (Å²) in [6, 6.07) is 13.3. The van der Waals surface area contributed by atoms with Crippen LogP contribution in [0, 0.1) is 0 Å². The first-order valence-corrected chi connectivity index (χ1v) is 12.2. The Labute approximate surface area is 197 Å². The number of methoxy groups -OCH3 is 2. The zero-order valence-corrected chi connectivity index (χ0v) is 19.8. The molecule has 0 spiro atoms. The van der Waals surface area contributed by atoms with Gasteiger partial charge in [-0.1, -0.05) is 42.8 Å². The number of rotatable bonds is 9. The number of hydrogen-bond donors (Lipinski definition) is 1. The van der Waals surface area contributed by atoms with Crippen LogP contribution in [0.25, 0.3) is 10.9 Å². The van der Waals surface area contributed by atoms with E-state index in [9.17, 15) is 9.59 Å². The summed E-state index contributed by atoms with van der Waals surface area (Å²) < 4.78 is 12.4. The number of amides is 1. The predicted molar refractivity (Wildman–Crippen MR) is 130 cm³/mol. The molecule has 0 atom stereocenters. The minimum atomic E-state index is -0.0825. The van der Waals surface area contributed by atoms with Gasteiger partial charge in [-0.15, -0.1) is 0 Å². The lowest BCUT2D eigenvalue weighted by Crippen LogP contribution is -2.29. The Morgan fingerprint density at radius 2 is 1.88 bits per heavy atom. The van der Waals surface area contributed by atoms with Crippen LogP contribution in [0.5, 0.6) is 11.5 Å². The van der Waals surface area contributed by atoms with Crippen molar-refractivity contribution in [2.24, 2.45) is 0 Å². The maximum atomic E-state index is 13.2. The van der Waals surface area contributed by atoms with E-state index in [2.05, 4.69) is 5.32 Å². The first-order chi connectivity index (χ1) is 16.1. The normalized spacial score (nSPS) is 13.9. The van der Waals surface area contributed by atoms with Crippen molar-refractivity contribution in [2.75, 3.05) is 26.5 Å². The van der Waals surface area contributed by atoms with Crippen LogP contribution in [0.2, 0.25) is 0 Å². The molecule has 8 heteroatoms. The van der Waals surface area contributed by atoms with Gasteiger partial charge in [0.25, 0.3) is 5.56 Å². The van der Waals surface area contributed by atoms with Crippen LogP contribution >= 0.6 is 11.8 Å². The molecule has 1 N–H and O–H groups in total. The fourth-order valence-corrected chi connectivity index (χ4v) is 5.17. The lowest BCUT2D eigenvalue weighted by atomic mass is 10.1. The molecule has 1 aliphatic carbocycles. The first kappa shape index (κ1) is 23.2. The van der Waals surface area contributed by atoms with E-state index >= 15 is 0 Å². The number of benzene rings is 2. The Hall–Kier alpha value is -3.00. The van der Waals surface area contributed by atoms with Gasteiger partial charge in [0.15, 0.2) is 16.7 Å². The van der Waals surface area contributed by atoms with Gasteiger partial charge in [-0.3, -0.25) is 14.2 Å². The summed E-state index contributed by atoms with van der Waals surface area (Å²) in [5.41, 5.74) is 1.71. The zero-order valence-electron chi connectivity index (χ0n) is 19.0. The van der Waals surface area contributed by atoms with Crippen LogP contribution in [0.4, 0.5) is 0 Å². The molecule has 33 heavy (non-hydrogen) atoms. The van der Waals surface area contributed by atoms with Crippen LogP contribution < -0.4 is 20.3 Å². The van der Waals surface area contributed by atoms with E-state index < -0.39 is 0 Å². The Morgan fingerprint density at radius 3 is 2.64 bits per heavy atom. The molecule has 4 rings (SSSR count). The molecule has 1 aliphatic rings. The lowest BCUT2D eigenvalue weighted by Gasteiger charge is -2.18. The van der Waals surface area contributed by atoms with Crippen LogP contribution in [0.1, 0.15) is 37.3 Å². The van der Waals surface area contributed by atoms with Crippen LogP contribution in [0.3, 0.4) is 0 Å². The van der Waals surface area contributed by atoms with Crippen molar-refractivity contribution >= 4 is 28.6 Å². The summed E-state index contributed by atoms with van der Waals surface area (Å²) in [5, 5.41) is 4.22.